The molecule has 0 aliphatic heterocycles. The maximum Gasteiger partial charge on any atom is 0.120 e. The van der Waals surface area contributed by atoms with E-state index in [1.807, 2.05) is 25.1 Å². The van der Waals surface area contributed by atoms with Crippen molar-refractivity contribution in [1.29, 1.82) is 0 Å². The van der Waals surface area contributed by atoms with Crippen LogP contribution >= 0.6 is 38.5 Å². The quantitative estimate of drug-likeness (QED) is 0.756. The van der Waals surface area contributed by atoms with Crippen molar-refractivity contribution in [3.8, 4) is 5.75 Å². The van der Waals surface area contributed by atoms with Crippen LogP contribution in [0.5, 0.6) is 5.75 Å². The van der Waals surface area contributed by atoms with E-state index in [9.17, 15) is 0 Å². The van der Waals surface area contributed by atoms with Gasteiger partial charge in [-0.25, -0.2) is 0 Å². The molecule has 1 rings (SSSR count). The van der Waals surface area contributed by atoms with Crippen LogP contribution < -0.4 is 4.74 Å². The first-order valence-corrected chi connectivity index (χ1v) is 5.19. The first kappa shape index (κ1) is 9.32. The molecule has 0 heterocycles. The fraction of sp³-hybridized carbons (Fsp3) is 0.250. The second-order valence-corrected chi connectivity index (χ2v) is 4.03. The topological polar surface area (TPSA) is 9.23 Å². The average Bonchev–Trinajstić information content (AvgIpc) is 1.98. The van der Waals surface area contributed by atoms with Crippen LogP contribution in [0.4, 0.5) is 0 Å². The van der Waals surface area contributed by atoms with Gasteiger partial charge in [0, 0.05) is 8.04 Å². The van der Waals surface area contributed by atoms with Gasteiger partial charge < -0.3 is 4.74 Å². The van der Waals surface area contributed by atoms with Crippen LogP contribution in [0, 0.1) is 3.57 Å². The van der Waals surface area contributed by atoms with Crippen LogP contribution in [0.15, 0.2) is 22.7 Å². The van der Waals surface area contributed by atoms with Gasteiger partial charge in [-0.2, -0.15) is 0 Å². The summed E-state index contributed by atoms with van der Waals surface area (Å²) in [7, 11) is 0. The fourth-order valence-electron chi connectivity index (χ4n) is 0.733. The van der Waals surface area contributed by atoms with E-state index >= 15 is 0 Å². The molecule has 0 aliphatic rings. The van der Waals surface area contributed by atoms with Crippen LogP contribution in [0.25, 0.3) is 0 Å². The molecule has 1 aromatic carbocycles. The van der Waals surface area contributed by atoms with Crippen LogP contribution in [-0.4, -0.2) is 6.61 Å². The van der Waals surface area contributed by atoms with Crippen molar-refractivity contribution in [2.75, 3.05) is 6.61 Å². The number of rotatable bonds is 2. The number of halogens is 2. The van der Waals surface area contributed by atoms with Gasteiger partial charge in [0.15, 0.2) is 0 Å². The van der Waals surface area contributed by atoms with Crippen molar-refractivity contribution in [1.82, 2.24) is 0 Å². The summed E-state index contributed by atoms with van der Waals surface area (Å²) in [6, 6.07) is 5.97. The third-order valence-electron chi connectivity index (χ3n) is 1.20. The van der Waals surface area contributed by atoms with Gasteiger partial charge in [0.1, 0.15) is 5.75 Å². The summed E-state index contributed by atoms with van der Waals surface area (Å²) < 4.78 is 7.60. The van der Waals surface area contributed by atoms with E-state index in [4.69, 9.17) is 4.74 Å². The molecule has 1 nitrogen and oxygen atoms in total. The molecule has 0 spiro atoms. The average molecular weight is 327 g/mol. The standard InChI is InChI=1S/C8H8BrIO/c1-2-11-6-3-4-8(10)7(9)5-6/h3-5H,2H2,1H3. The largest absolute Gasteiger partial charge is 0.494 e. The van der Waals surface area contributed by atoms with Crippen LogP contribution in [0.1, 0.15) is 6.92 Å². The van der Waals surface area contributed by atoms with Crippen molar-refractivity contribution in [2.45, 2.75) is 6.92 Å². The Labute approximate surface area is 88.4 Å². The Bertz CT molecular complexity index is 250. The Balaban J connectivity index is 2.86. The van der Waals surface area contributed by atoms with Gasteiger partial charge in [-0.05, 0) is 63.6 Å². The third-order valence-corrected chi connectivity index (χ3v) is 3.54. The van der Waals surface area contributed by atoms with E-state index in [0.717, 1.165) is 10.2 Å². The first-order chi connectivity index (χ1) is 5.24. The molecule has 0 saturated carbocycles. The second kappa shape index (κ2) is 4.30. The van der Waals surface area contributed by atoms with Gasteiger partial charge in [-0.1, -0.05) is 0 Å². The molecule has 0 bridgehead atoms. The van der Waals surface area contributed by atoms with Crippen molar-refractivity contribution < 1.29 is 4.74 Å². The van der Waals surface area contributed by atoms with Gasteiger partial charge in [0.25, 0.3) is 0 Å². The molecule has 0 radical (unpaired) electrons. The molecular weight excluding hydrogens is 319 g/mol. The Hall–Kier alpha value is 0.230. The van der Waals surface area contributed by atoms with E-state index in [2.05, 4.69) is 38.5 Å². The van der Waals surface area contributed by atoms with Crippen LogP contribution in [0.2, 0.25) is 0 Å². The lowest BCUT2D eigenvalue weighted by molar-refractivity contribution is 0.340. The lowest BCUT2D eigenvalue weighted by atomic mass is 10.3. The number of ether oxygens (including phenoxy) is 1. The molecule has 0 N–H and O–H groups in total. The molecule has 0 atom stereocenters. The summed E-state index contributed by atoms with van der Waals surface area (Å²) in [5, 5.41) is 0. The zero-order valence-corrected chi connectivity index (χ0v) is 9.85. The van der Waals surface area contributed by atoms with Gasteiger partial charge in [-0.15, -0.1) is 0 Å². The first-order valence-electron chi connectivity index (χ1n) is 3.32. The molecule has 0 fully saturated rings. The molecule has 3 heteroatoms. The highest BCUT2D eigenvalue weighted by Gasteiger charge is 1.97. The maximum absolute atomic E-state index is 5.31. The Kier molecular flexibility index (Phi) is 3.65. The molecule has 0 saturated heterocycles. The minimum absolute atomic E-state index is 0.715. The summed E-state index contributed by atoms with van der Waals surface area (Å²) in [4.78, 5) is 0. The van der Waals surface area contributed by atoms with Gasteiger partial charge in [0.05, 0.1) is 6.61 Å². The van der Waals surface area contributed by atoms with Crippen LogP contribution in [0.3, 0.4) is 0 Å². The monoisotopic (exact) mass is 326 g/mol. The maximum atomic E-state index is 5.31. The van der Waals surface area contributed by atoms with E-state index in [0.29, 0.717) is 6.61 Å². The molecule has 0 unspecified atom stereocenters. The second-order valence-electron chi connectivity index (χ2n) is 2.01. The SMILES string of the molecule is CCOc1ccc(I)c(Br)c1. The van der Waals surface area contributed by atoms with Gasteiger partial charge >= 0.3 is 0 Å². The number of hydrogen-bond donors (Lipinski definition) is 0. The highest BCUT2D eigenvalue weighted by atomic mass is 127. The van der Waals surface area contributed by atoms with E-state index in [1.165, 1.54) is 3.57 Å². The van der Waals surface area contributed by atoms with Crippen molar-refractivity contribution in [3.05, 3.63) is 26.2 Å². The highest BCUT2D eigenvalue weighted by molar-refractivity contribution is 14.1. The normalized spacial score (nSPS) is 9.73. The summed E-state index contributed by atoms with van der Waals surface area (Å²) in [6.45, 7) is 2.69. The minimum Gasteiger partial charge on any atom is -0.494 e. The van der Waals surface area contributed by atoms with Crippen LogP contribution in [-0.2, 0) is 0 Å². The van der Waals surface area contributed by atoms with Crippen molar-refractivity contribution >= 4 is 38.5 Å². The third kappa shape index (κ3) is 2.63. The Morgan fingerprint density at radius 2 is 2.27 bits per heavy atom. The lowest BCUT2D eigenvalue weighted by Crippen LogP contribution is -1.91. The Morgan fingerprint density at radius 1 is 1.55 bits per heavy atom. The summed E-state index contributed by atoms with van der Waals surface area (Å²) in [5.41, 5.74) is 0. The lowest BCUT2D eigenvalue weighted by Gasteiger charge is -2.03. The number of benzene rings is 1. The zero-order valence-electron chi connectivity index (χ0n) is 6.10. The predicted molar refractivity (Wildman–Crippen MR) is 58.0 cm³/mol. The van der Waals surface area contributed by atoms with Crippen molar-refractivity contribution in [3.63, 3.8) is 0 Å². The fourth-order valence-corrected chi connectivity index (χ4v) is 1.43. The molecule has 0 amide bonds. The molecule has 60 valence electrons. The van der Waals surface area contributed by atoms with E-state index < -0.39 is 0 Å². The van der Waals surface area contributed by atoms with Crippen molar-refractivity contribution in [2.24, 2.45) is 0 Å². The van der Waals surface area contributed by atoms with Gasteiger partial charge in [0.2, 0.25) is 0 Å². The Morgan fingerprint density at radius 3 is 2.82 bits per heavy atom. The summed E-state index contributed by atoms with van der Waals surface area (Å²) >= 11 is 5.70. The summed E-state index contributed by atoms with van der Waals surface area (Å²) in [6.07, 6.45) is 0. The highest BCUT2D eigenvalue weighted by Crippen LogP contribution is 2.23. The van der Waals surface area contributed by atoms with E-state index in [-0.39, 0.29) is 0 Å². The molecule has 11 heavy (non-hydrogen) atoms. The van der Waals surface area contributed by atoms with Gasteiger partial charge in [-0.3, -0.25) is 0 Å². The molecule has 0 aliphatic carbocycles. The predicted octanol–water partition coefficient (Wildman–Crippen LogP) is 3.45. The molecule has 1 aromatic rings. The molecule has 0 aromatic heterocycles. The molecular formula is C8H8BrIO. The number of hydrogen-bond acceptors (Lipinski definition) is 1. The minimum atomic E-state index is 0.715. The zero-order chi connectivity index (χ0) is 8.27. The smallest absolute Gasteiger partial charge is 0.120 e. The van der Waals surface area contributed by atoms with E-state index in [1.54, 1.807) is 0 Å². The summed E-state index contributed by atoms with van der Waals surface area (Å²) in [5.74, 6) is 0.916.